The molecule has 1 aliphatic rings. The fourth-order valence-electron chi connectivity index (χ4n) is 4.90. The molecule has 0 N–H and O–H groups in total. The van der Waals surface area contributed by atoms with Crippen molar-refractivity contribution in [2.24, 2.45) is 0 Å². The summed E-state index contributed by atoms with van der Waals surface area (Å²) in [6, 6.07) is 32.6. The summed E-state index contributed by atoms with van der Waals surface area (Å²) in [6.07, 6.45) is 8.91. The molecule has 0 unspecified atom stereocenters. The molecule has 0 amide bonds. The molecule has 0 aromatic heterocycles. The maximum atomic E-state index is 7.59. The van der Waals surface area contributed by atoms with Crippen molar-refractivity contribution >= 4 is 20.6 Å². The third-order valence-electron chi connectivity index (χ3n) is 7.76. The van der Waals surface area contributed by atoms with Crippen molar-refractivity contribution in [3.05, 3.63) is 114 Å². The Morgan fingerprint density at radius 3 is 1.83 bits per heavy atom. The molecule has 0 aliphatic carbocycles. The van der Waals surface area contributed by atoms with Gasteiger partial charge < -0.3 is 4.43 Å². The third-order valence-corrected chi connectivity index (χ3v) is 12.2. The summed E-state index contributed by atoms with van der Waals surface area (Å²) < 4.78 is 10.1. The lowest BCUT2D eigenvalue weighted by Crippen LogP contribution is -2.55. The molecule has 2 nitrogen and oxygen atoms in total. The van der Waals surface area contributed by atoms with E-state index in [0.29, 0.717) is 0 Å². The van der Waals surface area contributed by atoms with Crippen LogP contribution in [0.4, 0.5) is 0 Å². The van der Waals surface area contributed by atoms with Crippen molar-refractivity contribution in [3.63, 3.8) is 0 Å². The van der Waals surface area contributed by atoms with Crippen molar-refractivity contribution < 1.29 is 9.00 Å². The predicted octanol–water partition coefficient (Wildman–Crippen LogP) is 7.91. The quantitative estimate of drug-likeness (QED) is 0.246. The van der Waals surface area contributed by atoms with E-state index < -0.39 is 13.9 Å². The van der Waals surface area contributed by atoms with E-state index in [0.717, 1.165) is 19.4 Å². The van der Waals surface area contributed by atoms with E-state index >= 15 is 0 Å². The topological polar surface area (TPSA) is 12.2 Å². The standard InChI is InChI=1S/C32H40NOSi/c1-31(2,3)35(4,5)34-32(28-20-11-7-12-21-28,29-22-13-8-14-23-29)30-24-16-26-33(30)25-15-19-27-17-9-6-10-18-27/h6-15,17-23,25,30H,16,24,26H2,1-5H3/q+1/b19-15+,33-25?/t30-/m0/s1. The first-order valence-electron chi connectivity index (χ1n) is 12.9. The summed E-state index contributed by atoms with van der Waals surface area (Å²) in [4.78, 5) is 0. The molecular formula is C32H40NOSi+. The number of benzene rings is 3. The lowest BCUT2D eigenvalue weighted by molar-refractivity contribution is -0.557. The minimum absolute atomic E-state index is 0.0994. The minimum Gasteiger partial charge on any atom is -0.398 e. The number of nitrogens with zero attached hydrogens (tertiary/aromatic N) is 1. The molecule has 1 fully saturated rings. The van der Waals surface area contributed by atoms with Gasteiger partial charge in [-0.25, -0.2) is 4.58 Å². The first kappa shape index (κ1) is 25.3. The van der Waals surface area contributed by atoms with Gasteiger partial charge in [-0.1, -0.05) is 112 Å². The average Bonchev–Trinajstić information content (AvgIpc) is 3.32. The minimum atomic E-state index is -2.15. The van der Waals surface area contributed by atoms with Crippen molar-refractivity contribution in [1.82, 2.24) is 0 Å². The lowest BCUT2D eigenvalue weighted by atomic mass is 9.79. The second kappa shape index (κ2) is 10.5. The van der Waals surface area contributed by atoms with E-state index in [4.69, 9.17) is 4.43 Å². The molecule has 4 rings (SSSR count). The molecule has 35 heavy (non-hydrogen) atoms. The monoisotopic (exact) mass is 482 g/mol. The first-order chi connectivity index (χ1) is 16.7. The highest BCUT2D eigenvalue weighted by molar-refractivity contribution is 6.74. The third kappa shape index (κ3) is 5.42. The van der Waals surface area contributed by atoms with E-state index in [1.165, 1.54) is 16.7 Å². The highest BCUT2D eigenvalue weighted by Crippen LogP contribution is 2.48. The van der Waals surface area contributed by atoms with Gasteiger partial charge in [0.05, 0.1) is 0 Å². The van der Waals surface area contributed by atoms with Gasteiger partial charge in [-0.05, 0) is 40.9 Å². The summed E-state index contributed by atoms with van der Waals surface area (Å²) in [6.45, 7) is 12.8. The Bertz CT molecular complexity index is 1100. The fraction of sp³-hybridized carbons (Fsp3) is 0.344. The highest BCUT2D eigenvalue weighted by Gasteiger charge is 2.56. The molecule has 0 radical (unpaired) electrons. The number of rotatable bonds is 7. The van der Waals surface area contributed by atoms with E-state index in [2.05, 4.69) is 148 Å². The molecule has 3 aromatic carbocycles. The van der Waals surface area contributed by atoms with E-state index in [9.17, 15) is 0 Å². The number of hydrogen-bond acceptors (Lipinski definition) is 1. The number of allylic oxidation sites excluding steroid dienone is 1. The fourth-order valence-corrected chi connectivity index (χ4v) is 6.38. The average molecular weight is 483 g/mol. The van der Waals surface area contributed by atoms with Gasteiger partial charge in [0, 0.05) is 18.9 Å². The second-order valence-corrected chi connectivity index (χ2v) is 15.9. The van der Waals surface area contributed by atoms with Crippen LogP contribution in [0.3, 0.4) is 0 Å². The predicted molar refractivity (Wildman–Crippen MR) is 152 cm³/mol. The van der Waals surface area contributed by atoms with Gasteiger partial charge in [0.1, 0.15) is 6.54 Å². The summed E-state index contributed by atoms with van der Waals surface area (Å²) in [5, 5.41) is 0.0994. The zero-order valence-corrected chi connectivity index (χ0v) is 22.9. The second-order valence-electron chi connectivity index (χ2n) is 11.1. The van der Waals surface area contributed by atoms with Crippen LogP contribution in [0.1, 0.15) is 50.3 Å². The van der Waals surface area contributed by atoms with Gasteiger partial charge in [0.15, 0.2) is 26.2 Å². The summed E-state index contributed by atoms with van der Waals surface area (Å²) in [5.41, 5.74) is 3.16. The molecule has 3 aromatic rings. The van der Waals surface area contributed by atoms with Crippen LogP contribution in [0.2, 0.25) is 18.1 Å². The molecule has 182 valence electrons. The lowest BCUT2D eigenvalue weighted by Gasteiger charge is -2.47. The van der Waals surface area contributed by atoms with Gasteiger partial charge in [-0.2, -0.15) is 0 Å². The Labute approximate surface area is 213 Å². The SMILES string of the molecule is CC(C)(C)[Si](C)(C)OC(c1ccccc1)(c1ccccc1)[C@@H]1CCC[N+]1=C/C=C/c1ccccc1. The Balaban J connectivity index is 1.87. The Morgan fingerprint density at radius 2 is 1.31 bits per heavy atom. The van der Waals surface area contributed by atoms with E-state index in [1.807, 2.05) is 0 Å². The Hall–Kier alpha value is -2.75. The Morgan fingerprint density at radius 1 is 0.800 bits per heavy atom. The van der Waals surface area contributed by atoms with E-state index in [-0.39, 0.29) is 11.1 Å². The molecule has 0 saturated carbocycles. The van der Waals surface area contributed by atoms with Crippen LogP contribution in [0.25, 0.3) is 6.08 Å². The van der Waals surface area contributed by atoms with Crippen LogP contribution in [0.15, 0.2) is 97.1 Å². The maximum absolute atomic E-state index is 7.59. The van der Waals surface area contributed by atoms with Crippen molar-refractivity contribution in [3.8, 4) is 0 Å². The molecule has 0 bridgehead atoms. The molecule has 1 aliphatic heterocycles. The molecule has 1 atom stereocenters. The van der Waals surface area contributed by atoms with Crippen molar-refractivity contribution in [1.29, 1.82) is 0 Å². The van der Waals surface area contributed by atoms with Crippen LogP contribution in [0, 0.1) is 0 Å². The zero-order chi connectivity index (χ0) is 24.9. The van der Waals surface area contributed by atoms with Gasteiger partial charge in [-0.15, -0.1) is 0 Å². The summed E-state index contributed by atoms with van der Waals surface area (Å²) >= 11 is 0. The molecule has 1 saturated heterocycles. The van der Waals surface area contributed by atoms with Crippen molar-refractivity contribution in [2.45, 2.75) is 63.4 Å². The van der Waals surface area contributed by atoms with Crippen molar-refractivity contribution in [2.75, 3.05) is 6.54 Å². The normalized spacial score (nSPS) is 18.4. The van der Waals surface area contributed by atoms with Gasteiger partial charge in [0.2, 0.25) is 0 Å². The summed E-state index contributed by atoms with van der Waals surface area (Å²) in [5.74, 6) is 0. The largest absolute Gasteiger partial charge is 0.398 e. The zero-order valence-electron chi connectivity index (χ0n) is 21.9. The number of hydrogen-bond donors (Lipinski definition) is 0. The van der Waals surface area contributed by atoms with Gasteiger partial charge in [0.25, 0.3) is 0 Å². The van der Waals surface area contributed by atoms with Gasteiger partial charge in [-0.3, -0.25) is 0 Å². The van der Waals surface area contributed by atoms with Crippen LogP contribution in [0.5, 0.6) is 0 Å². The Kier molecular flexibility index (Phi) is 7.58. The van der Waals surface area contributed by atoms with Crippen LogP contribution in [-0.2, 0) is 10.0 Å². The van der Waals surface area contributed by atoms with Crippen LogP contribution >= 0.6 is 0 Å². The van der Waals surface area contributed by atoms with Gasteiger partial charge >= 0.3 is 0 Å². The molecular weight excluding hydrogens is 442 g/mol. The first-order valence-corrected chi connectivity index (χ1v) is 15.8. The smallest absolute Gasteiger partial charge is 0.194 e. The van der Waals surface area contributed by atoms with Crippen LogP contribution < -0.4 is 0 Å². The summed E-state index contributed by atoms with van der Waals surface area (Å²) in [7, 11) is -2.15. The van der Waals surface area contributed by atoms with E-state index in [1.54, 1.807) is 0 Å². The molecule has 0 spiro atoms. The molecule has 3 heteroatoms. The highest BCUT2D eigenvalue weighted by atomic mass is 28.4. The van der Waals surface area contributed by atoms with Crippen LogP contribution in [-0.4, -0.2) is 31.7 Å². The molecule has 1 heterocycles. The maximum Gasteiger partial charge on any atom is 0.194 e.